The number of aromatic nitrogens is 3. The van der Waals surface area contributed by atoms with Gasteiger partial charge in [0, 0.05) is 17.5 Å². The second kappa shape index (κ2) is 4.38. The predicted octanol–water partition coefficient (Wildman–Crippen LogP) is 2.50. The minimum absolute atomic E-state index is 0.163. The molecule has 0 radical (unpaired) electrons. The number of H-pyrrole nitrogens is 1. The molecule has 0 bridgehead atoms. The highest BCUT2D eigenvalue weighted by Gasteiger charge is 2.32. The molecule has 0 spiro atoms. The van der Waals surface area contributed by atoms with Gasteiger partial charge in [-0.2, -0.15) is 13.2 Å². The van der Waals surface area contributed by atoms with Crippen molar-refractivity contribution in [2.45, 2.75) is 13.1 Å². The number of carboxylic acids is 1. The molecule has 0 atom stereocenters. The van der Waals surface area contributed by atoms with Crippen molar-refractivity contribution in [2.75, 3.05) is 0 Å². The van der Waals surface area contributed by atoms with Crippen LogP contribution in [0.1, 0.15) is 21.9 Å². The van der Waals surface area contributed by atoms with E-state index in [1.165, 1.54) is 13.0 Å². The average molecular weight is 271 g/mol. The number of aryl methyl sites for hydroxylation is 1. The molecule has 0 saturated heterocycles. The fourth-order valence-corrected chi connectivity index (χ4v) is 1.51. The lowest BCUT2D eigenvalue weighted by Crippen LogP contribution is -2.07. The first-order chi connectivity index (χ1) is 8.79. The molecular weight excluding hydrogens is 263 g/mol. The molecule has 19 heavy (non-hydrogen) atoms. The van der Waals surface area contributed by atoms with Crippen LogP contribution in [-0.2, 0) is 6.18 Å². The number of alkyl halides is 3. The largest absolute Gasteiger partial charge is 0.476 e. The quantitative estimate of drug-likeness (QED) is 0.879. The van der Waals surface area contributed by atoms with Crippen LogP contribution in [-0.4, -0.2) is 26.0 Å². The third-order valence-electron chi connectivity index (χ3n) is 2.41. The van der Waals surface area contributed by atoms with Crippen LogP contribution in [0.15, 0.2) is 18.3 Å². The highest BCUT2D eigenvalue weighted by molar-refractivity contribution is 5.87. The van der Waals surface area contributed by atoms with Crippen molar-refractivity contribution in [1.82, 2.24) is 15.0 Å². The van der Waals surface area contributed by atoms with E-state index in [9.17, 15) is 18.0 Å². The Bertz CT molecular complexity index is 617. The van der Waals surface area contributed by atoms with Gasteiger partial charge in [0.05, 0.1) is 0 Å². The Morgan fingerprint density at radius 3 is 2.47 bits per heavy atom. The third kappa shape index (κ3) is 2.56. The van der Waals surface area contributed by atoms with Gasteiger partial charge in [0.2, 0.25) is 0 Å². The standard InChI is InChI=1S/C11H8F3N3O2/c1-5-8(10(18)19)17-9(16-5)6-2-3-7(15-4-6)11(12,13)14/h2-4H,1H3,(H,16,17)(H,18,19). The molecule has 0 aliphatic carbocycles. The van der Waals surface area contributed by atoms with Crippen molar-refractivity contribution in [1.29, 1.82) is 0 Å². The van der Waals surface area contributed by atoms with E-state index in [4.69, 9.17) is 5.11 Å². The summed E-state index contributed by atoms with van der Waals surface area (Å²) in [5, 5.41) is 8.83. The molecule has 0 aliphatic rings. The molecule has 100 valence electrons. The summed E-state index contributed by atoms with van der Waals surface area (Å²) in [5.41, 5.74) is -0.584. The van der Waals surface area contributed by atoms with Gasteiger partial charge >= 0.3 is 12.1 Å². The Morgan fingerprint density at radius 2 is 2.05 bits per heavy atom. The number of carboxylic acid groups (broad SMARTS) is 1. The predicted molar refractivity (Wildman–Crippen MR) is 58.5 cm³/mol. The van der Waals surface area contributed by atoms with E-state index in [0.29, 0.717) is 5.69 Å². The van der Waals surface area contributed by atoms with E-state index in [-0.39, 0.29) is 17.1 Å². The monoisotopic (exact) mass is 271 g/mol. The molecular formula is C11H8F3N3O2. The van der Waals surface area contributed by atoms with Gasteiger partial charge in [0.15, 0.2) is 5.69 Å². The molecule has 0 fully saturated rings. The molecule has 0 amide bonds. The molecule has 2 aromatic rings. The van der Waals surface area contributed by atoms with Gasteiger partial charge in [-0.1, -0.05) is 0 Å². The molecule has 5 nitrogen and oxygen atoms in total. The normalized spacial score (nSPS) is 11.6. The lowest BCUT2D eigenvalue weighted by Gasteiger charge is -2.05. The van der Waals surface area contributed by atoms with Gasteiger partial charge < -0.3 is 10.1 Å². The Hall–Kier alpha value is -2.38. The summed E-state index contributed by atoms with van der Waals surface area (Å²) >= 11 is 0. The van der Waals surface area contributed by atoms with Crippen LogP contribution in [0.25, 0.3) is 11.4 Å². The van der Waals surface area contributed by atoms with E-state index < -0.39 is 17.8 Å². The van der Waals surface area contributed by atoms with Crippen molar-refractivity contribution < 1.29 is 23.1 Å². The number of hydrogen-bond donors (Lipinski definition) is 2. The number of rotatable bonds is 2. The van der Waals surface area contributed by atoms with Crippen molar-refractivity contribution >= 4 is 5.97 Å². The zero-order valence-corrected chi connectivity index (χ0v) is 9.62. The number of nitrogens with one attached hydrogen (secondary N) is 1. The summed E-state index contributed by atoms with van der Waals surface area (Å²) < 4.78 is 37.0. The van der Waals surface area contributed by atoms with Crippen LogP contribution < -0.4 is 0 Å². The molecule has 2 N–H and O–H groups in total. The number of aromatic carboxylic acids is 1. The van der Waals surface area contributed by atoms with Gasteiger partial charge in [0.25, 0.3) is 0 Å². The summed E-state index contributed by atoms with van der Waals surface area (Å²) in [4.78, 5) is 20.6. The number of hydrogen-bond acceptors (Lipinski definition) is 3. The van der Waals surface area contributed by atoms with E-state index in [1.54, 1.807) is 0 Å². The minimum atomic E-state index is -4.51. The first kappa shape index (κ1) is 13.1. The lowest BCUT2D eigenvalue weighted by atomic mass is 10.2. The second-order valence-corrected chi connectivity index (χ2v) is 3.79. The van der Waals surface area contributed by atoms with E-state index in [0.717, 1.165) is 12.3 Å². The van der Waals surface area contributed by atoms with Crippen molar-refractivity contribution in [3.05, 3.63) is 35.4 Å². The van der Waals surface area contributed by atoms with Gasteiger partial charge in [-0.3, -0.25) is 4.98 Å². The zero-order valence-electron chi connectivity index (χ0n) is 9.62. The van der Waals surface area contributed by atoms with Crippen LogP contribution in [0, 0.1) is 6.92 Å². The highest BCUT2D eigenvalue weighted by atomic mass is 19.4. The van der Waals surface area contributed by atoms with E-state index >= 15 is 0 Å². The van der Waals surface area contributed by atoms with Crippen molar-refractivity contribution in [3.63, 3.8) is 0 Å². The van der Waals surface area contributed by atoms with Crippen LogP contribution in [0.4, 0.5) is 13.2 Å². The van der Waals surface area contributed by atoms with Gasteiger partial charge in [-0.15, -0.1) is 0 Å². The topological polar surface area (TPSA) is 78.9 Å². The number of imidazole rings is 1. The maximum absolute atomic E-state index is 12.3. The maximum atomic E-state index is 12.3. The zero-order chi connectivity index (χ0) is 14.2. The molecule has 0 unspecified atom stereocenters. The lowest BCUT2D eigenvalue weighted by molar-refractivity contribution is -0.141. The molecule has 8 heteroatoms. The van der Waals surface area contributed by atoms with Crippen molar-refractivity contribution in [3.8, 4) is 11.4 Å². The smallest absolute Gasteiger partial charge is 0.433 e. The highest BCUT2D eigenvalue weighted by Crippen LogP contribution is 2.28. The number of aromatic amines is 1. The summed E-state index contributed by atoms with van der Waals surface area (Å²) in [7, 11) is 0. The van der Waals surface area contributed by atoms with Crippen LogP contribution >= 0.6 is 0 Å². The van der Waals surface area contributed by atoms with Crippen LogP contribution in [0.2, 0.25) is 0 Å². The van der Waals surface area contributed by atoms with Crippen molar-refractivity contribution in [2.24, 2.45) is 0 Å². The summed E-state index contributed by atoms with van der Waals surface area (Å²) in [6, 6.07) is 1.99. The Labute approximate surface area is 105 Å². The van der Waals surface area contributed by atoms with Crippen LogP contribution in [0.3, 0.4) is 0 Å². The number of halogens is 3. The SMILES string of the molecule is Cc1[nH]c(-c2ccc(C(F)(F)F)nc2)nc1C(=O)O. The van der Waals surface area contributed by atoms with Crippen LogP contribution in [0.5, 0.6) is 0 Å². The fraction of sp³-hybridized carbons (Fsp3) is 0.182. The molecule has 2 rings (SSSR count). The van der Waals surface area contributed by atoms with Gasteiger partial charge in [-0.05, 0) is 19.1 Å². The average Bonchev–Trinajstić information content (AvgIpc) is 2.70. The Kier molecular flexibility index (Phi) is 3.01. The van der Waals surface area contributed by atoms with E-state index in [2.05, 4.69) is 15.0 Å². The summed E-state index contributed by atoms with van der Waals surface area (Å²) in [5.74, 6) is -1.05. The molecule has 0 aliphatic heterocycles. The maximum Gasteiger partial charge on any atom is 0.433 e. The Balaban J connectivity index is 2.38. The van der Waals surface area contributed by atoms with Gasteiger partial charge in [-0.25, -0.2) is 9.78 Å². The second-order valence-electron chi connectivity index (χ2n) is 3.79. The van der Waals surface area contributed by atoms with Gasteiger partial charge in [0.1, 0.15) is 11.5 Å². The summed E-state index contributed by atoms with van der Waals surface area (Å²) in [6.07, 6.45) is -3.52. The molecule has 0 aromatic carbocycles. The van der Waals surface area contributed by atoms with E-state index in [1.807, 2.05) is 0 Å². The number of pyridine rings is 1. The minimum Gasteiger partial charge on any atom is -0.476 e. The molecule has 2 aromatic heterocycles. The number of carbonyl (C=O) groups is 1. The fourth-order valence-electron chi connectivity index (χ4n) is 1.51. The summed E-state index contributed by atoms with van der Waals surface area (Å²) in [6.45, 7) is 1.51. The number of nitrogens with zero attached hydrogens (tertiary/aromatic N) is 2. The first-order valence-corrected chi connectivity index (χ1v) is 5.12. The first-order valence-electron chi connectivity index (χ1n) is 5.12. The Morgan fingerprint density at radius 1 is 1.37 bits per heavy atom. The molecule has 0 saturated carbocycles. The third-order valence-corrected chi connectivity index (χ3v) is 2.41. The molecule has 2 heterocycles.